The zero-order chi connectivity index (χ0) is 17.5. The third kappa shape index (κ3) is 4.39. The standard InChI is InChI=1S/C18H20N2O4/c1-12-14(17(21)20-16(18(22)23)10-11-24-2)8-9-15(19-12)13-6-4-3-5-7-13/h3-9,16H,10-11H2,1-2H3,(H,20,21)(H,22,23). The van der Waals surface area contributed by atoms with E-state index in [1.165, 1.54) is 7.11 Å². The Kier molecular flexibility index (Phi) is 6.03. The Morgan fingerprint density at radius 3 is 2.50 bits per heavy atom. The molecular formula is C18H20N2O4. The van der Waals surface area contributed by atoms with E-state index in [-0.39, 0.29) is 13.0 Å². The molecule has 1 heterocycles. The molecule has 0 spiro atoms. The number of pyridine rings is 1. The molecule has 6 nitrogen and oxygen atoms in total. The number of ether oxygens (including phenoxy) is 1. The number of rotatable bonds is 7. The van der Waals surface area contributed by atoms with Gasteiger partial charge in [-0.1, -0.05) is 30.3 Å². The van der Waals surface area contributed by atoms with Crippen LogP contribution in [0.2, 0.25) is 0 Å². The minimum absolute atomic E-state index is 0.201. The maximum Gasteiger partial charge on any atom is 0.326 e. The van der Waals surface area contributed by atoms with Crippen LogP contribution in [-0.4, -0.2) is 41.7 Å². The maximum absolute atomic E-state index is 12.3. The topological polar surface area (TPSA) is 88.5 Å². The van der Waals surface area contributed by atoms with Crippen molar-refractivity contribution in [2.45, 2.75) is 19.4 Å². The quantitative estimate of drug-likeness (QED) is 0.814. The number of hydrogen-bond donors (Lipinski definition) is 2. The van der Waals surface area contributed by atoms with E-state index < -0.39 is 17.9 Å². The number of carboxylic acid groups (broad SMARTS) is 1. The normalized spacial score (nSPS) is 11.8. The number of carbonyl (C=O) groups is 2. The second kappa shape index (κ2) is 8.21. The maximum atomic E-state index is 12.3. The number of carbonyl (C=O) groups excluding carboxylic acids is 1. The number of methoxy groups -OCH3 is 1. The van der Waals surface area contributed by atoms with Crippen LogP contribution in [0.4, 0.5) is 0 Å². The van der Waals surface area contributed by atoms with E-state index in [4.69, 9.17) is 4.74 Å². The smallest absolute Gasteiger partial charge is 0.326 e. The SMILES string of the molecule is COCCC(NC(=O)c1ccc(-c2ccccc2)nc1C)C(=O)O. The summed E-state index contributed by atoms with van der Waals surface area (Å²) in [6.07, 6.45) is 0.201. The van der Waals surface area contributed by atoms with Gasteiger partial charge in [-0.3, -0.25) is 9.78 Å². The molecule has 1 amide bonds. The van der Waals surface area contributed by atoms with Crippen molar-refractivity contribution >= 4 is 11.9 Å². The summed E-state index contributed by atoms with van der Waals surface area (Å²) in [6, 6.07) is 12.0. The van der Waals surface area contributed by atoms with Crippen molar-refractivity contribution in [1.82, 2.24) is 10.3 Å². The van der Waals surface area contributed by atoms with Gasteiger partial charge in [0.05, 0.1) is 17.0 Å². The second-order valence-corrected chi connectivity index (χ2v) is 5.34. The van der Waals surface area contributed by atoms with Gasteiger partial charge in [0.2, 0.25) is 0 Å². The fraction of sp³-hybridized carbons (Fsp3) is 0.278. The molecule has 2 rings (SSSR count). The van der Waals surface area contributed by atoms with Gasteiger partial charge in [0.15, 0.2) is 0 Å². The van der Waals surface area contributed by atoms with Crippen molar-refractivity contribution in [3.8, 4) is 11.3 Å². The minimum atomic E-state index is -1.09. The first-order valence-electron chi connectivity index (χ1n) is 7.58. The van der Waals surface area contributed by atoms with Gasteiger partial charge < -0.3 is 15.2 Å². The fourth-order valence-electron chi connectivity index (χ4n) is 2.30. The fourth-order valence-corrected chi connectivity index (χ4v) is 2.30. The molecular weight excluding hydrogens is 308 g/mol. The molecule has 24 heavy (non-hydrogen) atoms. The molecule has 2 aromatic rings. The van der Waals surface area contributed by atoms with Crippen molar-refractivity contribution in [3.05, 3.63) is 53.7 Å². The lowest BCUT2D eigenvalue weighted by Gasteiger charge is -2.15. The second-order valence-electron chi connectivity index (χ2n) is 5.34. The van der Waals surface area contributed by atoms with Crippen molar-refractivity contribution in [2.24, 2.45) is 0 Å². The van der Waals surface area contributed by atoms with Crippen molar-refractivity contribution in [3.63, 3.8) is 0 Å². The highest BCUT2D eigenvalue weighted by atomic mass is 16.5. The summed E-state index contributed by atoms with van der Waals surface area (Å²) >= 11 is 0. The number of aliphatic carboxylic acids is 1. The summed E-state index contributed by atoms with van der Waals surface area (Å²) in [6.45, 7) is 1.98. The van der Waals surface area contributed by atoms with Crippen LogP contribution in [-0.2, 0) is 9.53 Å². The van der Waals surface area contributed by atoms with Crippen molar-refractivity contribution in [2.75, 3.05) is 13.7 Å². The van der Waals surface area contributed by atoms with Crippen LogP contribution >= 0.6 is 0 Å². The Labute approximate surface area is 140 Å². The van der Waals surface area contributed by atoms with E-state index in [1.54, 1.807) is 19.1 Å². The largest absolute Gasteiger partial charge is 0.480 e. The zero-order valence-corrected chi connectivity index (χ0v) is 13.7. The Morgan fingerprint density at radius 1 is 1.21 bits per heavy atom. The molecule has 0 aliphatic heterocycles. The highest BCUT2D eigenvalue weighted by molar-refractivity contribution is 5.97. The lowest BCUT2D eigenvalue weighted by atomic mass is 10.1. The predicted molar refractivity (Wildman–Crippen MR) is 89.8 cm³/mol. The number of carboxylic acids is 1. The molecule has 0 bridgehead atoms. The summed E-state index contributed by atoms with van der Waals surface area (Å²) in [5, 5.41) is 11.7. The van der Waals surface area contributed by atoms with E-state index in [2.05, 4.69) is 10.3 Å². The van der Waals surface area contributed by atoms with Crippen LogP contribution in [0.25, 0.3) is 11.3 Å². The van der Waals surface area contributed by atoms with Gasteiger partial charge in [0, 0.05) is 25.7 Å². The van der Waals surface area contributed by atoms with Crippen LogP contribution in [0.1, 0.15) is 22.5 Å². The zero-order valence-electron chi connectivity index (χ0n) is 13.7. The minimum Gasteiger partial charge on any atom is -0.480 e. The van der Waals surface area contributed by atoms with E-state index in [1.807, 2.05) is 30.3 Å². The van der Waals surface area contributed by atoms with Crippen LogP contribution in [0.3, 0.4) is 0 Å². The first-order chi connectivity index (χ1) is 11.5. The molecule has 126 valence electrons. The van der Waals surface area contributed by atoms with E-state index in [0.717, 1.165) is 11.3 Å². The number of amides is 1. The average molecular weight is 328 g/mol. The van der Waals surface area contributed by atoms with E-state index >= 15 is 0 Å². The van der Waals surface area contributed by atoms with Crippen LogP contribution in [0.5, 0.6) is 0 Å². The number of aryl methyl sites for hydroxylation is 1. The first kappa shape index (κ1) is 17.6. The summed E-state index contributed by atoms with van der Waals surface area (Å²) in [7, 11) is 1.48. The summed E-state index contributed by atoms with van der Waals surface area (Å²) in [5.41, 5.74) is 2.62. The van der Waals surface area contributed by atoms with E-state index in [9.17, 15) is 14.7 Å². The third-order valence-electron chi connectivity index (χ3n) is 3.61. The first-order valence-corrected chi connectivity index (χ1v) is 7.58. The molecule has 0 saturated carbocycles. The molecule has 0 saturated heterocycles. The Bertz CT molecular complexity index is 716. The summed E-state index contributed by atoms with van der Waals surface area (Å²) in [5.74, 6) is -1.55. The van der Waals surface area contributed by atoms with Crippen LogP contribution in [0.15, 0.2) is 42.5 Å². The predicted octanol–water partition coefficient (Wildman–Crippen LogP) is 2.28. The molecule has 1 aromatic heterocycles. The molecule has 6 heteroatoms. The third-order valence-corrected chi connectivity index (χ3v) is 3.61. The number of nitrogens with zero attached hydrogens (tertiary/aromatic N) is 1. The summed E-state index contributed by atoms with van der Waals surface area (Å²) < 4.78 is 4.87. The van der Waals surface area contributed by atoms with Crippen molar-refractivity contribution < 1.29 is 19.4 Å². The van der Waals surface area contributed by atoms with Gasteiger partial charge in [-0.25, -0.2) is 4.79 Å². The number of aromatic nitrogens is 1. The van der Waals surface area contributed by atoms with Gasteiger partial charge >= 0.3 is 5.97 Å². The van der Waals surface area contributed by atoms with Crippen molar-refractivity contribution in [1.29, 1.82) is 0 Å². The molecule has 1 atom stereocenters. The highest BCUT2D eigenvalue weighted by Crippen LogP contribution is 2.18. The average Bonchev–Trinajstić information content (AvgIpc) is 2.58. The monoisotopic (exact) mass is 328 g/mol. The van der Waals surface area contributed by atoms with Crippen LogP contribution < -0.4 is 5.32 Å². The molecule has 1 unspecified atom stereocenters. The Morgan fingerprint density at radius 2 is 1.92 bits per heavy atom. The summed E-state index contributed by atoms with van der Waals surface area (Å²) in [4.78, 5) is 28.0. The highest BCUT2D eigenvalue weighted by Gasteiger charge is 2.21. The lowest BCUT2D eigenvalue weighted by Crippen LogP contribution is -2.41. The Hall–Kier alpha value is -2.73. The molecule has 0 aliphatic carbocycles. The van der Waals surface area contributed by atoms with Gasteiger partial charge in [-0.15, -0.1) is 0 Å². The molecule has 0 fully saturated rings. The number of nitrogens with one attached hydrogen (secondary N) is 1. The van der Waals surface area contributed by atoms with Gasteiger partial charge in [-0.2, -0.15) is 0 Å². The number of benzene rings is 1. The Balaban J connectivity index is 2.16. The molecule has 0 aliphatic rings. The molecule has 2 N–H and O–H groups in total. The molecule has 0 radical (unpaired) electrons. The van der Waals surface area contributed by atoms with Gasteiger partial charge in [0.1, 0.15) is 6.04 Å². The number of hydrogen-bond acceptors (Lipinski definition) is 4. The van der Waals surface area contributed by atoms with Gasteiger partial charge in [-0.05, 0) is 19.1 Å². The lowest BCUT2D eigenvalue weighted by molar-refractivity contribution is -0.139. The van der Waals surface area contributed by atoms with Crippen LogP contribution in [0, 0.1) is 6.92 Å². The van der Waals surface area contributed by atoms with E-state index in [0.29, 0.717) is 11.3 Å². The molecule has 1 aromatic carbocycles. The van der Waals surface area contributed by atoms with Gasteiger partial charge in [0.25, 0.3) is 5.91 Å².